The van der Waals surface area contributed by atoms with E-state index in [4.69, 9.17) is 4.74 Å². The third kappa shape index (κ3) is 7.20. The van der Waals surface area contributed by atoms with E-state index in [9.17, 15) is 22.8 Å². The highest BCUT2D eigenvalue weighted by Crippen LogP contribution is 2.29. The van der Waals surface area contributed by atoms with Crippen LogP contribution in [0.25, 0.3) is 0 Å². The van der Waals surface area contributed by atoms with Crippen molar-refractivity contribution in [2.75, 3.05) is 26.2 Å². The van der Waals surface area contributed by atoms with Crippen molar-refractivity contribution in [2.24, 2.45) is 0 Å². The number of hydrogen-bond donors (Lipinski definition) is 0. The molecule has 1 fully saturated rings. The van der Waals surface area contributed by atoms with E-state index in [1.165, 1.54) is 17.0 Å². The van der Waals surface area contributed by atoms with Crippen LogP contribution >= 0.6 is 0 Å². The lowest BCUT2D eigenvalue weighted by Gasteiger charge is -2.31. The predicted octanol–water partition coefficient (Wildman–Crippen LogP) is 5.21. The van der Waals surface area contributed by atoms with E-state index in [0.29, 0.717) is 26.2 Å². The van der Waals surface area contributed by atoms with Crippen LogP contribution in [0.15, 0.2) is 84.9 Å². The Kier molecular flexibility index (Phi) is 8.61. The molecule has 0 N–H and O–H groups in total. The monoisotopic (exact) mass is 510 g/mol. The summed E-state index contributed by atoms with van der Waals surface area (Å²) in [6.45, 7) is 1.57. The third-order valence-electron chi connectivity index (χ3n) is 6.45. The van der Waals surface area contributed by atoms with Gasteiger partial charge in [-0.3, -0.25) is 9.59 Å². The summed E-state index contributed by atoms with van der Waals surface area (Å²) in [6, 6.07) is 23.6. The van der Waals surface area contributed by atoms with Gasteiger partial charge in [-0.15, -0.1) is 0 Å². The number of benzene rings is 3. The van der Waals surface area contributed by atoms with E-state index >= 15 is 0 Å². The van der Waals surface area contributed by atoms with E-state index in [1.54, 1.807) is 4.90 Å². The van der Waals surface area contributed by atoms with Gasteiger partial charge in [0, 0.05) is 31.6 Å². The van der Waals surface area contributed by atoms with Crippen LogP contribution in [0.2, 0.25) is 0 Å². The zero-order valence-corrected chi connectivity index (χ0v) is 20.4. The number of rotatable bonds is 8. The molecule has 0 unspecified atom stereocenters. The number of amides is 2. The van der Waals surface area contributed by atoms with Crippen LogP contribution in [-0.4, -0.2) is 53.9 Å². The normalized spacial score (nSPS) is 15.4. The number of nitrogens with zero attached hydrogens (tertiary/aromatic N) is 2. The van der Waals surface area contributed by atoms with Crippen molar-refractivity contribution in [1.82, 2.24) is 9.80 Å². The number of halogens is 3. The van der Waals surface area contributed by atoms with Crippen molar-refractivity contribution in [3.8, 4) is 0 Å². The number of carbonyl (C=O) groups is 2. The summed E-state index contributed by atoms with van der Waals surface area (Å²) in [5, 5.41) is 0. The Hall–Kier alpha value is -3.65. The van der Waals surface area contributed by atoms with Crippen LogP contribution in [-0.2, 0) is 28.7 Å². The van der Waals surface area contributed by atoms with Gasteiger partial charge in [-0.05, 0) is 41.8 Å². The van der Waals surface area contributed by atoms with Crippen LogP contribution < -0.4 is 0 Å². The highest BCUT2D eigenvalue weighted by Gasteiger charge is 2.32. The second-order valence-corrected chi connectivity index (χ2v) is 9.05. The Morgan fingerprint density at radius 1 is 0.838 bits per heavy atom. The highest BCUT2D eigenvalue weighted by molar-refractivity contribution is 5.94. The summed E-state index contributed by atoms with van der Waals surface area (Å²) < 4.78 is 44.7. The molecule has 0 saturated carbocycles. The molecule has 0 bridgehead atoms. The molecule has 3 aromatic rings. The van der Waals surface area contributed by atoms with Crippen LogP contribution in [0.5, 0.6) is 0 Å². The first-order valence-electron chi connectivity index (χ1n) is 12.2. The fraction of sp³-hybridized carbons (Fsp3) is 0.310. The molecule has 5 nitrogen and oxygen atoms in total. The quantitative estimate of drug-likeness (QED) is 0.418. The number of ether oxygens (including phenoxy) is 1. The molecule has 4 rings (SSSR count). The molecule has 0 aliphatic carbocycles. The Morgan fingerprint density at radius 3 is 2.08 bits per heavy atom. The molecule has 1 saturated heterocycles. The molecule has 1 aliphatic rings. The molecular formula is C29H29F3N2O3. The average molecular weight is 511 g/mol. The highest BCUT2D eigenvalue weighted by atomic mass is 19.4. The maximum Gasteiger partial charge on any atom is 0.416 e. The zero-order valence-electron chi connectivity index (χ0n) is 20.4. The molecule has 194 valence electrons. The maximum atomic E-state index is 13.1. The lowest BCUT2D eigenvalue weighted by molar-refractivity contribution is -0.137. The van der Waals surface area contributed by atoms with E-state index in [2.05, 4.69) is 0 Å². The lowest BCUT2D eigenvalue weighted by Crippen LogP contribution is -2.45. The first-order valence-corrected chi connectivity index (χ1v) is 12.2. The third-order valence-corrected chi connectivity index (χ3v) is 6.45. The Morgan fingerprint density at radius 2 is 1.46 bits per heavy atom. The minimum Gasteiger partial charge on any atom is -0.375 e. The minimum atomic E-state index is -4.46. The molecular weight excluding hydrogens is 481 g/mol. The van der Waals surface area contributed by atoms with E-state index in [0.717, 1.165) is 23.3 Å². The van der Waals surface area contributed by atoms with E-state index < -0.39 is 11.7 Å². The summed E-state index contributed by atoms with van der Waals surface area (Å²) in [5.74, 6) is -0.463. The molecule has 0 spiro atoms. The van der Waals surface area contributed by atoms with Gasteiger partial charge >= 0.3 is 6.18 Å². The van der Waals surface area contributed by atoms with Gasteiger partial charge in [0.05, 0.1) is 24.8 Å². The molecule has 2 amide bonds. The van der Waals surface area contributed by atoms with Crippen molar-refractivity contribution in [2.45, 2.75) is 31.7 Å². The second kappa shape index (κ2) is 12.1. The average Bonchev–Trinajstić information content (AvgIpc) is 3.10. The summed E-state index contributed by atoms with van der Waals surface area (Å²) in [5.41, 5.74) is 1.48. The fourth-order valence-corrected chi connectivity index (χ4v) is 4.45. The van der Waals surface area contributed by atoms with Gasteiger partial charge < -0.3 is 14.5 Å². The van der Waals surface area contributed by atoms with Crippen molar-refractivity contribution >= 4 is 11.8 Å². The number of carbonyl (C=O) groups excluding carboxylic acids is 2. The van der Waals surface area contributed by atoms with Gasteiger partial charge in [-0.1, -0.05) is 60.7 Å². The topological polar surface area (TPSA) is 49.9 Å². The zero-order chi connectivity index (χ0) is 26.3. The molecule has 1 atom stereocenters. The Balaban J connectivity index is 1.44. The number of alkyl halides is 3. The van der Waals surface area contributed by atoms with Crippen LogP contribution in [0.3, 0.4) is 0 Å². The van der Waals surface area contributed by atoms with Crippen molar-refractivity contribution < 1.29 is 27.5 Å². The standard InChI is InChI=1S/C29H29F3N2O3/c30-29(31,32)25-13-11-24(12-14-25)28(36)33-16-15-27(35)34(18-17-33)26(19-22-7-3-1-4-8-22)21-37-20-23-9-5-2-6-10-23/h1-14,26H,15-21H2/t26-/m0/s1. The molecule has 3 aromatic carbocycles. The first kappa shape index (κ1) is 26.4. The van der Waals surface area contributed by atoms with E-state index in [1.807, 2.05) is 60.7 Å². The smallest absolute Gasteiger partial charge is 0.375 e. The second-order valence-electron chi connectivity index (χ2n) is 9.05. The molecule has 0 radical (unpaired) electrons. The maximum absolute atomic E-state index is 13.1. The minimum absolute atomic E-state index is 0.0769. The summed E-state index contributed by atoms with van der Waals surface area (Å²) >= 11 is 0. The molecule has 1 aliphatic heterocycles. The summed E-state index contributed by atoms with van der Waals surface area (Å²) in [7, 11) is 0. The van der Waals surface area contributed by atoms with Gasteiger partial charge in [0.15, 0.2) is 0 Å². The van der Waals surface area contributed by atoms with Crippen LogP contribution in [0.4, 0.5) is 13.2 Å². The lowest BCUT2D eigenvalue weighted by atomic mass is 10.0. The van der Waals surface area contributed by atoms with Gasteiger partial charge in [-0.25, -0.2) is 0 Å². The van der Waals surface area contributed by atoms with Crippen molar-refractivity contribution in [1.29, 1.82) is 0 Å². The van der Waals surface area contributed by atoms with Crippen LogP contribution in [0, 0.1) is 0 Å². The molecule has 1 heterocycles. The fourth-order valence-electron chi connectivity index (χ4n) is 4.45. The summed E-state index contributed by atoms with van der Waals surface area (Å²) in [6.07, 6.45) is -3.72. The van der Waals surface area contributed by atoms with Crippen molar-refractivity contribution in [3.05, 3.63) is 107 Å². The van der Waals surface area contributed by atoms with Gasteiger partial charge in [0.25, 0.3) is 5.91 Å². The predicted molar refractivity (Wildman–Crippen MR) is 134 cm³/mol. The number of hydrogen-bond acceptors (Lipinski definition) is 3. The first-order chi connectivity index (χ1) is 17.8. The molecule has 37 heavy (non-hydrogen) atoms. The van der Waals surface area contributed by atoms with Gasteiger partial charge in [0.1, 0.15) is 0 Å². The Bertz CT molecular complexity index is 1170. The summed E-state index contributed by atoms with van der Waals surface area (Å²) in [4.78, 5) is 29.5. The molecule has 8 heteroatoms. The van der Waals surface area contributed by atoms with Gasteiger partial charge in [-0.2, -0.15) is 13.2 Å². The van der Waals surface area contributed by atoms with Crippen LogP contribution in [0.1, 0.15) is 33.5 Å². The van der Waals surface area contributed by atoms with Crippen molar-refractivity contribution in [3.63, 3.8) is 0 Å². The molecule has 0 aromatic heterocycles. The Labute approximate surface area is 214 Å². The largest absolute Gasteiger partial charge is 0.416 e. The van der Waals surface area contributed by atoms with E-state index in [-0.39, 0.29) is 42.9 Å². The van der Waals surface area contributed by atoms with Gasteiger partial charge in [0.2, 0.25) is 5.91 Å². The SMILES string of the molecule is O=C(c1ccc(C(F)(F)F)cc1)N1CCC(=O)N([C@H](COCc2ccccc2)Cc2ccccc2)CC1.